The van der Waals surface area contributed by atoms with E-state index in [-0.39, 0.29) is 0 Å². The maximum absolute atomic E-state index is 12.3. The molecule has 5 nitrogen and oxygen atoms in total. The third kappa shape index (κ3) is 3.63. The Morgan fingerprint density at radius 3 is 2.81 bits per heavy atom. The van der Waals surface area contributed by atoms with Gasteiger partial charge in [0.05, 0.1) is 4.90 Å². The second kappa shape index (κ2) is 6.44. The van der Waals surface area contributed by atoms with Crippen molar-refractivity contribution < 1.29 is 8.42 Å². The first-order chi connectivity index (χ1) is 10.1. The highest BCUT2D eigenvalue weighted by Crippen LogP contribution is 2.19. The number of likely N-dealkylation sites (tertiary alicyclic amines) is 1. The highest BCUT2D eigenvalue weighted by atomic mass is 32.2. The molecule has 1 aromatic carbocycles. The van der Waals surface area contributed by atoms with Crippen molar-refractivity contribution in [3.8, 4) is 0 Å². The lowest BCUT2D eigenvalue weighted by Crippen LogP contribution is -2.33. The van der Waals surface area contributed by atoms with Gasteiger partial charge in [-0.15, -0.1) is 0 Å². The Morgan fingerprint density at radius 1 is 1.19 bits per heavy atom. The third-order valence-corrected chi connectivity index (χ3v) is 5.75. The quantitative estimate of drug-likeness (QED) is 0.841. The van der Waals surface area contributed by atoms with Crippen LogP contribution in [0.5, 0.6) is 0 Å². The fourth-order valence-electron chi connectivity index (χ4n) is 3.05. The normalized spacial score (nSPS) is 19.6. The van der Waals surface area contributed by atoms with E-state index in [0.717, 1.165) is 44.7 Å². The zero-order valence-electron chi connectivity index (χ0n) is 12.3. The molecule has 0 unspecified atom stereocenters. The van der Waals surface area contributed by atoms with Crippen LogP contribution in [0.2, 0.25) is 0 Å². The molecule has 0 aromatic heterocycles. The van der Waals surface area contributed by atoms with E-state index < -0.39 is 10.0 Å². The predicted octanol–water partition coefficient (Wildman–Crippen LogP) is 0.706. The number of rotatable bonds is 5. The predicted molar refractivity (Wildman–Crippen MR) is 82.7 cm³/mol. The highest BCUT2D eigenvalue weighted by molar-refractivity contribution is 7.89. The fourth-order valence-corrected chi connectivity index (χ4v) is 4.12. The second-order valence-corrected chi connectivity index (χ2v) is 7.57. The summed E-state index contributed by atoms with van der Waals surface area (Å²) < 4.78 is 27.4. The van der Waals surface area contributed by atoms with Crippen molar-refractivity contribution >= 4 is 10.0 Å². The highest BCUT2D eigenvalue weighted by Gasteiger charge is 2.18. The summed E-state index contributed by atoms with van der Waals surface area (Å²) in [6, 6.07) is 5.48. The molecule has 0 saturated carbocycles. The van der Waals surface area contributed by atoms with E-state index in [1.165, 1.54) is 18.4 Å². The smallest absolute Gasteiger partial charge is 0.240 e. The first-order valence-electron chi connectivity index (χ1n) is 7.70. The molecule has 0 radical (unpaired) electrons. The van der Waals surface area contributed by atoms with Crippen molar-refractivity contribution in [3.63, 3.8) is 0 Å². The van der Waals surface area contributed by atoms with E-state index >= 15 is 0 Å². The van der Waals surface area contributed by atoms with Crippen LogP contribution in [-0.4, -0.2) is 46.0 Å². The summed E-state index contributed by atoms with van der Waals surface area (Å²) in [5, 5.41) is 3.28. The summed E-state index contributed by atoms with van der Waals surface area (Å²) in [5.74, 6) is 0. The standard InChI is InChI=1S/C15H23N3O2S/c19-21(20,17-7-10-18-8-1-2-9-18)15-4-3-13-5-6-16-12-14(13)11-15/h3-4,11,16-17H,1-2,5-10,12H2. The summed E-state index contributed by atoms with van der Waals surface area (Å²) in [7, 11) is -3.39. The van der Waals surface area contributed by atoms with E-state index in [9.17, 15) is 8.42 Å². The Kier molecular flexibility index (Phi) is 4.59. The largest absolute Gasteiger partial charge is 0.312 e. The lowest BCUT2D eigenvalue weighted by molar-refractivity contribution is 0.344. The summed E-state index contributed by atoms with van der Waals surface area (Å²) in [6.07, 6.45) is 3.42. The minimum atomic E-state index is -3.39. The fraction of sp³-hybridized carbons (Fsp3) is 0.600. The van der Waals surface area contributed by atoms with Crippen molar-refractivity contribution in [1.29, 1.82) is 0 Å². The average molecular weight is 309 g/mol. The van der Waals surface area contributed by atoms with Gasteiger partial charge in [0.15, 0.2) is 0 Å². The number of nitrogens with one attached hydrogen (secondary N) is 2. The molecular weight excluding hydrogens is 286 g/mol. The molecule has 3 rings (SSSR count). The van der Waals surface area contributed by atoms with Gasteiger partial charge in [-0.05, 0) is 62.2 Å². The minimum Gasteiger partial charge on any atom is -0.312 e. The summed E-state index contributed by atoms with van der Waals surface area (Å²) in [4.78, 5) is 2.69. The maximum Gasteiger partial charge on any atom is 0.240 e. The van der Waals surface area contributed by atoms with Gasteiger partial charge in [0.2, 0.25) is 10.0 Å². The van der Waals surface area contributed by atoms with Gasteiger partial charge in [0.25, 0.3) is 0 Å². The molecule has 21 heavy (non-hydrogen) atoms. The molecule has 2 N–H and O–H groups in total. The van der Waals surface area contributed by atoms with Crippen molar-refractivity contribution in [3.05, 3.63) is 29.3 Å². The van der Waals surface area contributed by atoms with Crippen LogP contribution in [0.3, 0.4) is 0 Å². The molecule has 0 amide bonds. The molecule has 0 spiro atoms. The van der Waals surface area contributed by atoms with Crippen LogP contribution in [-0.2, 0) is 23.0 Å². The Morgan fingerprint density at radius 2 is 2.00 bits per heavy atom. The minimum absolute atomic E-state index is 0.381. The molecule has 2 aliphatic heterocycles. The van der Waals surface area contributed by atoms with Crippen molar-refractivity contribution in [1.82, 2.24) is 14.9 Å². The summed E-state index contributed by atoms with van der Waals surface area (Å²) in [6.45, 7) is 5.18. The van der Waals surface area contributed by atoms with Crippen LogP contribution in [0.1, 0.15) is 24.0 Å². The van der Waals surface area contributed by atoms with Gasteiger partial charge in [-0.25, -0.2) is 13.1 Å². The van der Waals surface area contributed by atoms with Crippen LogP contribution in [0, 0.1) is 0 Å². The Labute approximate surface area is 126 Å². The SMILES string of the molecule is O=S(=O)(NCCN1CCCC1)c1ccc2c(c1)CNCC2. The molecule has 1 fully saturated rings. The van der Waals surface area contributed by atoms with Gasteiger partial charge in [-0.3, -0.25) is 0 Å². The maximum atomic E-state index is 12.3. The van der Waals surface area contributed by atoms with Crippen LogP contribution in [0.15, 0.2) is 23.1 Å². The molecule has 1 aromatic rings. The topological polar surface area (TPSA) is 61.4 Å². The third-order valence-electron chi connectivity index (χ3n) is 4.29. The lowest BCUT2D eigenvalue weighted by Gasteiger charge is -2.18. The van der Waals surface area contributed by atoms with Gasteiger partial charge in [0.1, 0.15) is 0 Å². The molecule has 0 aliphatic carbocycles. The monoisotopic (exact) mass is 309 g/mol. The molecule has 116 valence electrons. The van der Waals surface area contributed by atoms with Gasteiger partial charge in [0, 0.05) is 19.6 Å². The molecule has 2 aliphatic rings. The first-order valence-corrected chi connectivity index (χ1v) is 9.18. The molecule has 2 heterocycles. The Balaban J connectivity index is 1.63. The molecule has 1 saturated heterocycles. The summed E-state index contributed by atoms with van der Waals surface area (Å²) in [5.41, 5.74) is 2.36. The lowest BCUT2D eigenvalue weighted by atomic mass is 10.0. The van der Waals surface area contributed by atoms with E-state index in [2.05, 4.69) is 14.9 Å². The Bertz CT molecular complexity index is 595. The van der Waals surface area contributed by atoms with Gasteiger partial charge < -0.3 is 10.2 Å². The van der Waals surface area contributed by atoms with Gasteiger partial charge >= 0.3 is 0 Å². The van der Waals surface area contributed by atoms with Crippen LogP contribution in [0.25, 0.3) is 0 Å². The van der Waals surface area contributed by atoms with Gasteiger partial charge in [-0.1, -0.05) is 6.07 Å². The van der Waals surface area contributed by atoms with Crippen molar-refractivity contribution in [2.45, 2.75) is 30.7 Å². The number of sulfonamides is 1. The van der Waals surface area contributed by atoms with E-state index in [1.54, 1.807) is 12.1 Å². The van der Waals surface area contributed by atoms with E-state index in [1.807, 2.05) is 6.07 Å². The number of nitrogens with zero attached hydrogens (tertiary/aromatic N) is 1. The first kappa shape index (κ1) is 15.0. The Hall–Kier alpha value is -0.950. The molecular formula is C15H23N3O2S. The van der Waals surface area contributed by atoms with Crippen LogP contribution < -0.4 is 10.0 Å². The van der Waals surface area contributed by atoms with E-state index in [4.69, 9.17) is 0 Å². The number of fused-ring (bicyclic) bond motifs is 1. The molecule has 0 atom stereocenters. The molecule has 6 heteroatoms. The second-order valence-electron chi connectivity index (χ2n) is 5.80. The average Bonchev–Trinajstić information content (AvgIpc) is 3.00. The zero-order valence-corrected chi connectivity index (χ0v) is 13.1. The van der Waals surface area contributed by atoms with Gasteiger partial charge in [-0.2, -0.15) is 0 Å². The number of benzene rings is 1. The number of hydrogen-bond acceptors (Lipinski definition) is 4. The van der Waals surface area contributed by atoms with Crippen LogP contribution in [0.4, 0.5) is 0 Å². The zero-order chi connectivity index (χ0) is 14.7. The van der Waals surface area contributed by atoms with Crippen molar-refractivity contribution in [2.75, 3.05) is 32.7 Å². The molecule has 0 bridgehead atoms. The van der Waals surface area contributed by atoms with Crippen molar-refractivity contribution in [2.24, 2.45) is 0 Å². The van der Waals surface area contributed by atoms with E-state index in [0.29, 0.717) is 11.4 Å². The summed E-state index contributed by atoms with van der Waals surface area (Å²) >= 11 is 0. The number of hydrogen-bond donors (Lipinski definition) is 2. The van der Waals surface area contributed by atoms with Crippen LogP contribution >= 0.6 is 0 Å².